The van der Waals surface area contributed by atoms with Crippen LogP contribution in [0.4, 0.5) is 13.2 Å². The predicted octanol–water partition coefficient (Wildman–Crippen LogP) is 3.18. The molecule has 0 aliphatic rings. The normalized spacial score (nSPS) is 11.6. The molecule has 0 unspecified atom stereocenters. The number of aryl methyl sites for hydroxylation is 2. The molecule has 0 spiro atoms. The van der Waals surface area contributed by atoms with Crippen LogP contribution >= 0.6 is 0 Å². The molecule has 2 N–H and O–H groups in total. The highest BCUT2D eigenvalue weighted by atomic mass is 19.4. The standard InChI is InChI=1S/C12H16F3NO/c1-9-5-6-11(17-12(13,14)15)10(8-9)4-2-3-7-16/h5-6,8H,2-4,7,16H2,1H3. The van der Waals surface area contributed by atoms with Crippen LogP contribution in [0.3, 0.4) is 0 Å². The van der Waals surface area contributed by atoms with E-state index in [1.54, 1.807) is 12.1 Å². The van der Waals surface area contributed by atoms with Gasteiger partial charge in [0.25, 0.3) is 0 Å². The van der Waals surface area contributed by atoms with Crippen molar-refractivity contribution in [3.8, 4) is 5.75 Å². The summed E-state index contributed by atoms with van der Waals surface area (Å²) in [5, 5.41) is 0. The Balaban J connectivity index is 2.80. The minimum Gasteiger partial charge on any atom is -0.406 e. The maximum absolute atomic E-state index is 12.2. The summed E-state index contributed by atoms with van der Waals surface area (Å²) >= 11 is 0. The second-order valence-corrected chi connectivity index (χ2v) is 3.90. The molecule has 0 saturated heterocycles. The molecule has 0 fully saturated rings. The van der Waals surface area contributed by atoms with E-state index < -0.39 is 6.36 Å². The summed E-state index contributed by atoms with van der Waals surface area (Å²) in [6.45, 7) is 2.38. The van der Waals surface area contributed by atoms with Crippen LogP contribution in [-0.2, 0) is 6.42 Å². The highest BCUT2D eigenvalue weighted by Crippen LogP contribution is 2.28. The molecule has 0 aliphatic heterocycles. The Morgan fingerprint density at radius 2 is 1.94 bits per heavy atom. The molecule has 0 aliphatic carbocycles. The number of unbranched alkanes of at least 4 members (excludes halogenated alkanes) is 1. The zero-order valence-electron chi connectivity index (χ0n) is 9.68. The first-order valence-electron chi connectivity index (χ1n) is 5.48. The van der Waals surface area contributed by atoms with Crippen molar-refractivity contribution in [1.29, 1.82) is 0 Å². The lowest BCUT2D eigenvalue weighted by atomic mass is 10.0. The third-order valence-electron chi connectivity index (χ3n) is 2.34. The van der Waals surface area contributed by atoms with Crippen molar-refractivity contribution < 1.29 is 17.9 Å². The van der Waals surface area contributed by atoms with Gasteiger partial charge in [-0.2, -0.15) is 0 Å². The van der Waals surface area contributed by atoms with Crippen molar-refractivity contribution in [2.45, 2.75) is 32.5 Å². The number of nitrogens with two attached hydrogens (primary N) is 1. The maximum Gasteiger partial charge on any atom is 0.573 e. The summed E-state index contributed by atoms with van der Waals surface area (Å²) in [4.78, 5) is 0. The number of rotatable bonds is 5. The van der Waals surface area contributed by atoms with Gasteiger partial charge in [0, 0.05) is 0 Å². The summed E-state index contributed by atoms with van der Waals surface area (Å²) in [6, 6.07) is 4.69. The van der Waals surface area contributed by atoms with E-state index >= 15 is 0 Å². The first-order valence-corrected chi connectivity index (χ1v) is 5.48. The Morgan fingerprint density at radius 1 is 1.24 bits per heavy atom. The lowest BCUT2D eigenvalue weighted by molar-refractivity contribution is -0.274. The molecule has 0 aromatic heterocycles. The fraction of sp³-hybridized carbons (Fsp3) is 0.500. The summed E-state index contributed by atoms with van der Waals surface area (Å²) in [6.07, 6.45) is -2.55. The Morgan fingerprint density at radius 3 is 2.53 bits per heavy atom. The maximum atomic E-state index is 12.2. The zero-order chi connectivity index (χ0) is 12.9. The third-order valence-corrected chi connectivity index (χ3v) is 2.34. The Bertz CT molecular complexity index is 363. The van der Waals surface area contributed by atoms with Gasteiger partial charge in [0.05, 0.1) is 0 Å². The average molecular weight is 247 g/mol. The molecule has 0 bridgehead atoms. The Kier molecular flexibility index (Phi) is 4.81. The van der Waals surface area contributed by atoms with Gasteiger partial charge in [0.2, 0.25) is 0 Å². The van der Waals surface area contributed by atoms with E-state index in [-0.39, 0.29) is 5.75 Å². The molecular formula is C12H16F3NO. The van der Waals surface area contributed by atoms with Gasteiger partial charge >= 0.3 is 6.36 Å². The number of benzene rings is 1. The third kappa shape index (κ3) is 5.08. The van der Waals surface area contributed by atoms with Gasteiger partial charge in [-0.3, -0.25) is 0 Å². The molecule has 1 rings (SSSR count). The van der Waals surface area contributed by atoms with E-state index in [4.69, 9.17) is 5.73 Å². The Hall–Kier alpha value is -1.23. The van der Waals surface area contributed by atoms with Crippen LogP contribution in [-0.4, -0.2) is 12.9 Å². The summed E-state index contributed by atoms with van der Waals surface area (Å²) < 4.78 is 40.5. The van der Waals surface area contributed by atoms with E-state index in [0.29, 0.717) is 18.5 Å². The minimum atomic E-state index is -4.64. The van der Waals surface area contributed by atoms with Crippen LogP contribution in [0.25, 0.3) is 0 Å². The van der Waals surface area contributed by atoms with Crippen LogP contribution in [0.2, 0.25) is 0 Å². The fourth-order valence-corrected chi connectivity index (χ4v) is 1.59. The molecule has 2 nitrogen and oxygen atoms in total. The molecule has 0 heterocycles. The summed E-state index contributed by atoms with van der Waals surface area (Å²) in [7, 11) is 0. The fourth-order valence-electron chi connectivity index (χ4n) is 1.59. The second kappa shape index (κ2) is 5.91. The minimum absolute atomic E-state index is 0.111. The largest absolute Gasteiger partial charge is 0.573 e. The predicted molar refractivity (Wildman–Crippen MR) is 59.9 cm³/mol. The van der Waals surface area contributed by atoms with Crippen molar-refractivity contribution >= 4 is 0 Å². The highest BCUT2D eigenvalue weighted by molar-refractivity contribution is 5.37. The number of hydrogen-bond donors (Lipinski definition) is 1. The summed E-state index contributed by atoms with van der Waals surface area (Å²) in [5.41, 5.74) is 6.85. The van der Waals surface area contributed by atoms with Crippen LogP contribution in [0.5, 0.6) is 5.75 Å². The van der Waals surface area contributed by atoms with Crippen molar-refractivity contribution in [3.05, 3.63) is 29.3 Å². The van der Waals surface area contributed by atoms with Gasteiger partial charge < -0.3 is 10.5 Å². The number of hydrogen-bond acceptors (Lipinski definition) is 2. The average Bonchev–Trinajstić information content (AvgIpc) is 2.20. The number of halogens is 3. The van der Waals surface area contributed by atoms with Crippen LogP contribution in [0.1, 0.15) is 24.0 Å². The number of alkyl halides is 3. The SMILES string of the molecule is Cc1ccc(OC(F)(F)F)c(CCCCN)c1. The van der Waals surface area contributed by atoms with Crippen LogP contribution in [0.15, 0.2) is 18.2 Å². The van der Waals surface area contributed by atoms with Crippen molar-refractivity contribution in [2.24, 2.45) is 5.73 Å². The van der Waals surface area contributed by atoms with Gasteiger partial charge in [0.1, 0.15) is 5.75 Å². The van der Waals surface area contributed by atoms with Crippen molar-refractivity contribution in [1.82, 2.24) is 0 Å². The lowest BCUT2D eigenvalue weighted by Crippen LogP contribution is -2.18. The van der Waals surface area contributed by atoms with Gasteiger partial charge in [-0.1, -0.05) is 17.7 Å². The number of ether oxygens (including phenoxy) is 1. The van der Waals surface area contributed by atoms with Crippen molar-refractivity contribution in [3.63, 3.8) is 0 Å². The molecule has 0 atom stereocenters. The molecule has 5 heteroatoms. The molecule has 17 heavy (non-hydrogen) atoms. The van der Waals surface area contributed by atoms with E-state index in [0.717, 1.165) is 18.4 Å². The first kappa shape index (κ1) is 13.8. The van der Waals surface area contributed by atoms with E-state index in [9.17, 15) is 13.2 Å². The molecule has 1 aromatic carbocycles. The van der Waals surface area contributed by atoms with Gasteiger partial charge in [-0.15, -0.1) is 13.2 Å². The van der Waals surface area contributed by atoms with Gasteiger partial charge in [0.15, 0.2) is 0 Å². The highest BCUT2D eigenvalue weighted by Gasteiger charge is 2.31. The van der Waals surface area contributed by atoms with E-state index in [1.807, 2.05) is 6.92 Å². The topological polar surface area (TPSA) is 35.2 Å². The van der Waals surface area contributed by atoms with Crippen LogP contribution < -0.4 is 10.5 Å². The first-order chi connectivity index (χ1) is 7.92. The van der Waals surface area contributed by atoms with E-state index in [1.165, 1.54) is 6.07 Å². The molecule has 0 saturated carbocycles. The molecule has 0 amide bonds. The van der Waals surface area contributed by atoms with Gasteiger partial charge in [-0.25, -0.2) is 0 Å². The summed E-state index contributed by atoms with van der Waals surface area (Å²) in [5.74, 6) is -0.111. The molecular weight excluding hydrogens is 231 g/mol. The van der Waals surface area contributed by atoms with Gasteiger partial charge in [-0.05, 0) is 44.4 Å². The molecule has 0 radical (unpaired) electrons. The second-order valence-electron chi connectivity index (χ2n) is 3.90. The van der Waals surface area contributed by atoms with E-state index in [2.05, 4.69) is 4.74 Å². The smallest absolute Gasteiger partial charge is 0.406 e. The van der Waals surface area contributed by atoms with Crippen molar-refractivity contribution in [2.75, 3.05) is 6.54 Å². The zero-order valence-corrected chi connectivity index (χ0v) is 9.68. The molecule has 1 aromatic rings. The lowest BCUT2D eigenvalue weighted by Gasteiger charge is -2.13. The monoisotopic (exact) mass is 247 g/mol. The van der Waals surface area contributed by atoms with Crippen LogP contribution in [0, 0.1) is 6.92 Å². The quantitative estimate of drug-likeness (QED) is 0.811. The Labute approximate surface area is 98.6 Å². The molecule has 96 valence electrons.